The van der Waals surface area contributed by atoms with Crippen molar-refractivity contribution in [1.82, 2.24) is 0 Å². The minimum Gasteiger partial charge on any atom is -0.379 e. The first-order chi connectivity index (χ1) is 7.67. The van der Waals surface area contributed by atoms with E-state index in [-0.39, 0.29) is 0 Å². The van der Waals surface area contributed by atoms with Crippen molar-refractivity contribution < 1.29 is 9.47 Å². The van der Waals surface area contributed by atoms with E-state index in [1.807, 2.05) is 0 Å². The standard InChI is InChI=1S/C14H28O2/c1-4-5-6-7-8-9-10-15-11-13-14(2,3)12-16-13/h13H,4-12H2,1-3H3. The lowest BCUT2D eigenvalue weighted by Gasteiger charge is -2.43. The van der Waals surface area contributed by atoms with Crippen molar-refractivity contribution in [2.45, 2.75) is 65.4 Å². The molecular weight excluding hydrogens is 200 g/mol. The normalized spacial score (nSPS) is 23.1. The smallest absolute Gasteiger partial charge is 0.0881 e. The second kappa shape index (κ2) is 7.29. The van der Waals surface area contributed by atoms with Crippen LogP contribution in [0.2, 0.25) is 0 Å². The largest absolute Gasteiger partial charge is 0.379 e. The van der Waals surface area contributed by atoms with Gasteiger partial charge in [-0.1, -0.05) is 52.9 Å². The maximum absolute atomic E-state index is 5.65. The van der Waals surface area contributed by atoms with E-state index in [9.17, 15) is 0 Å². The molecule has 1 atom stereocenters. The number of rotatable bonds is 9. The van der Waals surface area contributed by atoms with Gasteiger partial charge in [-0.2, -0.15) is 0 Å². The zero-order valence-corrected chi connectivity index (χ0v) is 11.3. The first-order valence-electron chi connectivity index (χ1n) is 6.86. The second-order valence-electron chi connectivity index (χ2n) is 5.63. The Balaban J connectivity index is 1.82. The third-order valence-electron chi connectivity index (χ3n) is 3.44. The summed E-state index contributed by atoms with van der Waals surface area (Å²) in [6.07, 6.45) is 8.30. The van der Waals surface area contributed by atoms with E-state index in [1.54, 1.807) is 0 Å². The number of hydrogen-bond donors (Lipinski definition) is 0. The molecule has 16 heavy (non-hydrogen) atoms. The van der Waals surface area contributed by atoms with Gasteiger partial charge in [0, 0.05) is 12.0 Å². The third kappa shape index (κ3) is 4.84. The fraction of sp³-hybridized carbons (Fsp3) is 1.00. The van der Waals surface area contributed by atoms with E-state index >= 15 is 0 Å². The van der Waals surface area contributed by atoms with Crippen LogP contribution in [0.1, 0.15) is 59.3 Å². The molecule has 1 rings (SSSR count). The van der Waals surface area contributed by atoms with Gasteiger partial charge in [-0.3, -0.25) is 0 Å². The van der Waals surface area contributed by atoms with Crippen molar-refractivity contribution >= 4 is 0 Å². The van der Waals surface area contributed by atoms with Gasteiger partial charge in [0.15, 0.2) is 0 Å². The topological polar surface area (TPSA) is 18.5 Å². The molecule has 1 unspecified atom stereocenters. The van der Waals surface area contributed by atoms with E-state index in [2.05, 4.69) is 20.8 Å². The Bertz CT molecular complexity index is 178. The quantitative estimate of drug-likeness (QED) is 0.559. The Morgan fingerprint density at radius 2 is 1.81 bits per heavy atom. The molecule has 0 aromatic rings. The molecule has 2 nitrogen and oxygen atoms in total. The lowest BCUT2D eigenvalue weighted by molar-refractivity contribution is -0.192. The predicted molar refractivity (Wildman–Crippen MR) is 67.7 cm³/mol. The number of unbranched alkanes of at least 4 members (excludes halogenated alkanes) is 5. The van der Waals surface area contributed by atoms with Gasteiger partial charge in [-0.05, 0) is 6.42 Å². The summed E-state index contributed by atoms with van der Waals surface area (Å²) in [5, 5.41) is 0. The van der Waals surface area contributed by atoms with Gasteiger partial charge >= 0.3 is 0 Å². The zero-order valence-electron chi connectivity index (χ0n) is 11.3. The molecule has 96 valence electrons. The van der Waals surface area contributed by atoms with Gasteiger partial charge in [0.2, 0.25) is 0 Å². The molecule has 0 amide bonds. The summed E-state index contributed by atoms with van der Waals surface area (Å²) >= 11 is 0. The summed E-state index contributed by atoms with van der Waals surface area (Å²) in [4.78, 5) is 0. The maximum atomic E-state index is 5.65. The first kappa shape index (κ1) is 14.0. The minimum absolute atomic E-state index is 0.326. The highest BCUT2D eigenvalue weighted by Gasteiger charge is 2.39. The highest BCUT2D eigenvalue weighted by molar-refractivity contribution is 4.86. The molecule has 0 saturated carbocycles. The van der Waals surface area contributed by atoms with Crippen LogP contribution in [-0.2, 0) is 9.47 Å². The molecule has 1 heterocycles. The second-order valence-corrected chi connectivity index (χ2v) is 5.63. The number of ether oxygens (including phenoxy) is 2. The lowest BCUT2D eigenvalue weighted by Crippen LogP contribution is -2.50. The van der Waals surface area contributed by atoms with Crippen LogP contribution in [0.3, 0.4) is 0 Å². The average molecular weight is 228 g/mol. The Kier molecular flexibility index (Phi) is 6.37. The summed E-state index contributed by atoms with van der Waals surface area (Å²) < 4.78 is 11.1. The third-order valence-corrected chi connectivity index (χ3v) is 3.44. The molecule has 0 aromatic heterocycles. The van der Waals surface area contributed by atoms with Gasteiger partial charge in [0.25, 0.3) is 0 Å². The van der Waals surface area contributed by atoms with Crippen LogP contribution in [0.25, 0.3) is 0 Å². The van der Waals surface area contributed by atoms with Crippen LogP contribution >= 0.6 is 0 Å². The van der Waals surface area contributed by atoms with Crippen molar-refractivity contribution in [3.8, 4) is 0 Å². The fourth-order valence-electron chi connectivity index (χ4n) is 1.98. The van der Waals surface area contributed by atoms with Crippen molar-refractivity contribution in [2.24, 2.45) is 5.41 Å². The van der Waals surface area contributed by atoms with E-state index in [1.165, 1.54) is 38.5 Å². The molecule has 1 aliphatic rings. The summed E-state index contributed by atoms with van der Waals surface area (Å²) in [6.45, 7) is 9.32. The Morgan fingerprint density at radius 1 is 1.12 bits per heavy atom. The molecule has 0 aromatic carbocycles. The zero-order chi connectivity index (χ0) is 11.9. The minimum atomic E-state index is 0.326. The van der Waals surface area contributed by atoms with Crippen molar-refractivity contribution in [3.63, 3.8) is 0 Å². The van der Waals surface area contributed by atoms with Crippen molar-refractivity contribution in [2.75, 3.05) is 19.8 Å². The van der Waals surface area contributed by atoms with E-state index in [0.29, 0.717) is 11.5 Å². The van der Waals surface area contributed by atoms with Gasteiger partial charge in [0.1, 0.15) is 0 Å². The molecule has 2 heteroatoms. The number of hydrogen-bond acceptors (Lipinski definition) is 2. The highest BCUT2D eigenvalue weighted by atomic mass is 16.5. The fourth-order valence-corrected chi connectivity index (χ4v) is 1.98. The van der Waals surface area contributed by atoms with Gasteiger partial charge in [0.05, 0.1) is 19.3 Å². The Labute approximate surface area is 101 Å². The molecule has 1 saturated heterocycles. The summed E-state index contributed by atoms with van der Waals surface area (Å²) in [5.74, 6) is 0. The molecule has 0 radical (unpaired) electrons. The molecule has 1 fully saturated rings. The van der Waals surface area contributed by atoms with Crippen molar-refractivity contribution in [1.29, 1.82) is 0 Å². The van der Waals surface area contributed by atoms with Crippen molar-refractivity contribution in [3.05, 3.63) is 0 Å². The van der Waals surface area contributed by atoms with Crippen LogP contribution in [0, 0.1) is 5.41 Å². The van der Waals surface area contributed by atoms with Gasteiger partial charge in [-0.15, -0.1) is 0 Å². The molecule has 0 aliphatic carbocycles. The van der Waals surface area contributed by atoms with E-state index in [0.717, 1.165) is 19.8 Å². The van der Waals surface area contributed by atoms with E-state index in [4.69, 9.17) is 9.47 Å². The Morgan fingerprint density at radius 3 is 2.38 bits per heavy atom. The molecule has 0 spiro atoms. The highest BCUT2D eigenvalue weighted by Crippen LogP contribution is 2.33. The SMILES string of the molecule is CCCCCCCCOCC1OCC1(C)C. The summed E-state index contributed by atoms with van der Waals surface area (Å²) in [5.41, 5.74) is 0.334. The lowest BCUT2D eigenvalue weighted by atomic mass is 9.83. The summed E-state index contributed by atoms with van der Waals surface area (Å²) in [6, 6.07) is 0. The molecule has 0 N–H and O–H groups in total. The predicted octanol–water partition coefficient (Wildman–Crippen LogP) is 3.79. The molecule has 1 aliphatic heterocycles. The van der Waals surface area contributed by atoms with Gasteiger partial charge < -0.3 is 9.47 Å². The monoisotopic (exact) mass is 228 g/mol. The average Bonchev–Trinajstić information content (AvgIpc) is 2.25. The Hall–Kier alpha value is -0.0800. The van der Waals surface area contributed by atoms with Gasteiger partial charge in [-0.25, -0.2) is 0 Å². The molecular formula is C14H28O2. The van der Waals surface area contributed by atoms with Crippen LogP contribution < -0.4 is 0 Å². The van der Waals surface area contributed by atoms with Crippen LogP contribution in [0.4, 0.5) is 0 Å². The van der Waals surface area contributed by atoms with E-state index < -0.39 is 0 Å². The van der Waals surface area contributed by atoms with Crippen LogP contribution in [0.15, 0.2) is 0 Å². The maximum Gasteiger partial charge on any atom is 0.0881 e. The van der Waals surface area contributed by atoms with Crippen LogP contribution in [-0.4, -0.2) is 25.9 Å². The van der Waals surface area contributed by atoms with Crippen LogP contribution in [0.5, 0.6) is 0 Å². The molecule has 0 bridgehead atoms. The summed E-state index contributed by atoms with van der Waals surface area (Å²) in [7, 11) is 0. The first-order valence-corrected chi connectivity index (χ1v) is 6.86.